The number of hydrogen-bond donors (Lipinski definition) is 2. The Labute approximate surface area is 190 Å². The third-order valence-corrected chi connectivity index (χ3v) is 6.35. The predicted octanol–water partition coefficient (Wildman–Crippen LogP) is 4.53. The lowest BCUT2D eigenvalue weighted by Crippen LogP contribution is -2.17. The number of rotatable bonds is 7. The first-order valence-corrected chi connectivity index (χ1v) is 11.3. The average molecular weight is 455 g/mol. The molecule has 1 aromatic carbocycles. The molecule has 7 nitrogen and oxygen atoms in total. The summed E-state index contributed by atoms with van der Waals surface area (Å²) >= 11 is 1.40. The molecule has 8 heteroatoms. The van der Waals surface area contributed by atoms with Crippen molar-refractivity contribution < 1.29 is 23.9 Å². The molecule has 2 aromatic rings. The number of amides is 2. The van der Waals surface area contributed by atoms with Gasteiger partial charge in [-0.1, -0.05) is 0 Å². The lowest BCUT2D eigenvalue weighted by atomic mass is 9.95. The van der Waals surface area contributed by atoms with E-state index in [1.807, 2.05) is 0 Å². The maximum atomic E-state index is 12.6. The number of carbonyl (C=O) groups is 4. The minimum Gasteiger partial charge on any atom is -0.462 e. The second-order valence-corrected chi connectivity index (χ2v) is 8.64. The van der Waals surface area contributed by atoms with Crippen molar-refractivity contribution in [2.45, 2.75) is 46.5 Å². The molecule has 2 amide bonds. The topological polar surface area (TPSA) is 102 Å². The molecule has 1 heterocycles. The molecule has 168 valence electrons. The van der Waals surface area contributed by atoms with E-state index >= 15 is 0 Å². The van der Waals surface area contributed by atoms with Gasteiger partial charge in [0, 0.05) is 27.8 Å². The van der Waals surface area contributed by atoms with Crippen LogP contribution < -0.4 is 10.6 Å². The highest BCUT2D eigenvalue weighted by atomic mass is 32.1. The number of carbonyl (C=O) groups excluding carboxylic acids is 4. The van der Waals surface area contributed by atoms with Crippen LogP contribution in [-0.2, 0) is 27.2 Å². The van der Waals surface area contributed by atoms with Gasteiger partial charge in [0.2, 0.25) is 5.91 Å². The monoisotopic (exact) mass is 454 g/mol. The molecule has 0 saturated heterocycles. The van der Waals surface area contributed by atoms with E-state index in [0.717, 1.165) is 36.1 Å². The molecule has 0 fully saturated rings. The lowest BCUT2D eigenvalue weighted by molar-refractivity contribution is -0.114. The van der Waals surface area contributed by atoms with Crippen LogP contribution in [-0.4, -0.2) is 30.2 Å². The summed E-state index contributed by atoms with van der Waals surface area (Å²) in [6.07, 6.45) is 4.91. The molecule has 0 aliphatic heterocycles. The maximum absolute atomic E-state index is 12.6. The number of hydrogen-bond acceptors (Lipinski definition) is 6. The van der Waals surface area contributed by atoms with E-state index in [9.17, 15) is 19.2 Å². The lowest BCUT2D eigenvalue weighted by Gasteiger charge is -2.12. The minimum absolute atomic E-state index is 0.0620. The summed E-state index contributed by atoms with van der Waals surface area (Å²) in [4.78, 5) is 50.0. The Kier molecular flexibility index (Phi) is 7.58. The zero-order valence-electron chi connectivity index (χ0n) is 18.4. The van der Waals surface area contributed by atoms with Gasteiger partial charge in [-0.15, -0.1) is 11.3 Å². The van der Waals surface area contributed by atoms with Gasteiger partial charge in [-0.05, 0) is 76.3 Å². The van der Waals surface area contributed by atoms with E-state index in [-0.39, 0.29) is 18.0 Å². The molecule has 3 rings (SSSR count). The van der Waals surface area contributed by atoms with Crippen LogP contribution in [0.1, 0.15) is 64.8 Å². The van der Waals surface area contributed by atoms with Crippen molar-refractivity contribution >= 4 is 45.6 Å². The van der Waals surface area contributed by atoms with Crippen LogP contribution >= 0.6 is 11.3 Å². The zero-order valence-corrected chi connectivity index (χ0v) is 19.2. The third-order valence-electron chi connectivity index (χ3n) is 5.14. The van der Waals surface area contributed by atoms with Crippen molar-refractivity contribution in [2.75, 3.05) is 17.2 Å². The minimum atomic E-state index is -0.492. The van der Waals surface area contributed by atoms with Gasteiger partial charge in [-0.3, -0.25) is 14.4 Å². The number of thiophene rings is 1. The number of anilines is 2. The van der Waals surface area contributed by atoms with E-state index in [0.29, 0.717) is 21.8 Å². The maximum Gasteiger partial charge on any atom is 0.341 e. The van der Waals surface area contributed by atoms with Gasteiger partial charge in [0.15, 0.2) is 5.78 Å². The van der Waals surface area contributed by atoms with Gasteiger partial charge < -0.3 is 15.4 Å². The number of aryl methyl sites for hydroxylation is 1. The number of nitrogens with one attached hydrogen (secondary N) is 2. The van der Waals surface area contributed by atoms with Crippen molar-refractivity contribution in [2.24, 2.45) is 0 Å². The summed E-state index contributed by atoms with van der Waals surface area (Å²) in [6.45, 7) is 5.00. The number of Topliss-reactive ketones (excluding diaryl/α,β-unsaturated/α-hetero) is 1. The molecule has 1 aromatic heterocycles. The highest BCUT2D eigenvalue weighted by Crippen LogP contribution is 2.38. The van der Waals surface area contributed by atoms with Gasteiger partial charge >= 0.3 is 5.97 Å². The normalized spacial score (nSPS) is 13.2. The van der Waals surface area contributed by atoms with Crippen molar-refractivity contribution in [1.29, 1.82) is 0 Å². The Balaban J connectivity index is 1.72. The second-order valence-electron chi connectivity index (χ2n) is 7.54. The van der Waals surface area contributed by atoms with Gasteiger partial charge in [-0.25, -0.2) is 4.79 Å². The van der Waals surface area contributed by atoms with E-state index in [4.69, 9.17) is 4.74 Å². The third kappa shape index (κ3) is 5.50. The SMILES string of the molecule is CCOC(=O)c1c(NC(=O)/C=C(/C)C(=O)Nc2ccc(C(C)=O)cc2)sc2c1CCCC2. The van der Waals surface area contributed by atoms with Crippen LogP contribution in [0, 0.1) is 0 Å². The van der Waals surface area contributed by atoms with Crippen molar-refractivity contribution in [3.63, 3.8) is 0 Å². The first-order valence-electron chi connectivity index (χ1n) is 10.5. The van der Waals surface area contributed by atoms with Crippen LogP contribution in [0.2, 0.25) is 0 Å². The predicted molar refractivity (Wildman–Crippen MR) is 124 cm³/mol. The van der Waals surface area contributed by atoms with Crippen LogP contribution in [0.3, 0.4) is 0 Å². The van der Waals surface area contributed by atoms with Crippen molar-refractivity contribution in [3.8, 4) is 0 Å². The number of benzene rings is 1. The molecule has 0 unspecified atom stereocenters. The van der Waals surface area contributed by atoms with Gasteiger partial charge in [-0.2, -0.15) is 0 Å². The fourth-order valence-electron chi connectivity index (χ4n) is 3.50. The molecule has 1 aliphatic carbocycles. The standard InChI is InChI=1S/C24H26N2O5S/c1-4-31-24(30)21-18-7-5-6-8-19(18)32-23(21)26-20(28)13-14(2)22(29)25-17-11-9-16(10-12-17)15(3)27/h9-13H,4-8H2,1-3H3,(H,25,29)(H,26,28)/b14-13-. The van der Waals surface area contributed by atoms with Crippen LogP contribution in [0.15, 0.2) is 35.9 Å². The van der Waals surface area contributed by atoms with Crippen LogP contribution in [0.5, 0.6) is 0 Å². The summed E-state index contributed by atoms with van der Waals surface area (Å²) in [7, 11) is 0. The summed E-state index contributed by atoms with van der Waals surface area (Å²) < 4.78 is 5.20. The average Bonchev–Trinajstić information content (AvgIpc) is 3.11. The van der Waals surface area contributed by atoms with Gasteiger partial charge in [0.05, 0.1) is 12.2 Å². The molecule has 0 saturated carbocycles. The summed E-state index contributed by atoms with van der Waals surface area (Å²) in [5, 5.41) is 5.92. The molecular formula is C24H26N2O5S. The zero-order chi connectivity index (χ0) is 23.3. The van der Waals surface area contributed by atoms with Gasteiger partial charge in [0.1, 0.15) is 5.00 Å². The van der Waals surface area contributed by atoms with E-state index in [1.165, 1.54) is 31.3 Å². The number of fused-ring (bicyclic) bond motifs is 1. The summed E-state index contributed by atoms with van der Waals surface area (Å²) in [5.74, 6) is -1.43. The molecule has 2 N–H and O–H groups in total. The molecule has 0 atom stereocenters. The summed E-state index contributed by atoms with van der Waals surface area (Å²) in [5.41, 5.74) is 2.66. The quantitative estimate of drug-likeness (QED) is 0.364. The highest BCUT2D eigenvalue weighted by Gasteiger charge is 2.27. The second kappa shape index (κ2) is 10.4. The Hall–Kier alpha value is -3.26. The smallest absolute Gasteiger partial charge is 0.341 e. The largest absolute Gasteiger partial charge is 0.462 e. The van der Waals surface area contributed by atoms with E-state index in [2.05, 4.69) is 10.6 Å². The van der Waals surface area contributed by atoms with Crippen LogP contribution in [0.25, 0.3) is 0 Å². The van der Waals surface area contributed by atoms with Crippen LogP contribution in [0.4, 0.5) is 10.7 Å². The molecule has 32 heavy (non-hydrogen) atoms. The highest BCUT2D eigenvalue weighted by molar-refractivity contribution is 7.17. The van der Waals surface area contributed by atoms with E-state index < -0.39 is 17.8 Å². The van der Waals surface area contributed by atoms with Gasteiger partial charge in [0.25, 0.3) is 5.91 Å². The summed E-state index contributed by atoms with van der Waals surface area (Å²) in [6, 6.07) is 6.51. The molecular weight excluding hydrogens is 428 g/mol. The molecule has 0 radical (unpaired) electrons. The van der Waals surface area contributed by atoms with Crippen molar-refractivity contribution in [1.82, 2.24) is 0 Å². The number of ketones is 1. The Morgan fingerprint density at radius 1 is 1.03 bits per heavy atom. The number of esters is 1. The fourth-order valence-corrected chi connectivity index (χ4v) is 4.78. The van der Waals surface area contributed by atoms with Crippen molar-refractivity contribution in [3.05, 3.63) is 57.5 Å². The first-order chi connectivity index (χ1) is 15.3. The molecule has 1 aliphatic rings. The van der Waals surface area contributed by atoms with E-state index in [1.54, 1.807) is 31.2 Å². The Morgan fingerprint density at radius 2 is 1.72 bits per heavy atom. The Morgan fingerprint density at radius 3 is 2.38 bits per heavy atom. The fraction of sp³-hybridized carbons (Fsp3) is 0.333. The molecule has 0 spiro atoms. The number of ether oxygens (including phenoxy) is 1. The first kappa shape index (κ1) is 23.4. The molecule has 0 bridgehead atoms. The Bertz CT molecular complexity index is 1080.